The molecule has 184 valence electrons. The molecular weight excluding hydrogens is 465 g/mol. The van der Waals surface area contributed by atoms with Crippen molar-refractivity contribution in [1.29, 1.82) is 0 Å². The molecule has 1 saturated heterocycles. The Morgan fingerprint density at radius 2 is 1.74 bits per heavy atom. The monoisotopic (exact) mass is 489 g/mol. The van der Waals surface area contributed by atoms with E-state index >= 15 is 0 Å². The summed E-state index contributed by atoms with van der Waals surface area (Å²) in [6, 6.07) is 8.22. The summed E-state index contributed by atoms with van der Waals surface area (Å²) in [6.45, 7) is 4.01. The number of hydrogen-bond donors (Lipinski definition) is 1. The number of pyridine rings is 1. The van der Waals surface area contributed by atoms with Crippen LogP contribution in [-0.2, 0) is 0 Å². The molecule has 0 bridgehead atoms. The SMILES string of the molecule is CC(c1ccccn1)N1CC2CC(Nc3cc(C(F)F)c(-c4cc(F)cc(F)c4F)nn3)CC2C1. The number of nitrogens with one attached hydrogen (secondary N) is 1. The van der Waals surface area contributed by atoms with Crippen LogP contribution < -0.4 is 5.32 Å². The number of fused-ring (bicyclic) bond motifs is 1. The molecule has 1 saturated carbocycles. The maximum atomic E-state index is 14.2. The minimum absolute atomic E-state index is 0.0336. The molecule has 2 aliphatic rings. The molecule has 0 amide bonds. The van der Waals surface area contributed by atoms with E-state index in [0.29, 0.717) is 24.0 Å². The van der Waals surface area contributed by atoms with Crippen LogP contribution >= 0.6 is 0 Å². The van der Waals surface area contributed by atoms with Gasteiger partial charge in [0.25, 0.3) is 6.43 Å². The lowest BCUT2D eigenvalue weighted by atomic mass is 10.0. The molecule has 5 rings (SSSR count). The normalized spacial score (nSPS) is 23.0. The van der Waals surface area contributed by atoms with Crippen LogP contribution in [0.2, 0.25) is 0 Å². The minimum Gasteiger partial charge on any atom is -0.366 e. The molecule has 1 N–H and O–H groups in total. The second-order valence-electron chi connectivity index (χ2n) is 9.30. The first-order valence-electron chi connectivity index (χ1n) is 11.5. The van der Waals surface area contributed by atoms with Gasteiger partial charge in [-0.15, -0.1) is 10.2 Å². The molecule has 3 unspecified atom stereocenters. The highest BCUT2D eigenvalue weighted by Crippen LogP contribution is 2.42. The summed E-state index contributed by atoms with van der Waals surface area (Å²) in [5.74, 6) is -2.96. The molecule has 1 aliphatic carbocycles. The Morgan fingerprint density at radius 1 is 1.00 bits per heavy atom. The van der Waals surface area contributed by atoms with Crippen LogP contribution in [0, 0.1) is 29.3 Å². The van der Waals surface area contributed by atoms with Crippen molar-refractivity contribution in [1.82, 2.24) is 20.1 Å². The number of hydrogen-bond acceptors (Lipinski definition) is 5. The number of aromatic nitrogens is 3. The summed E-state index contributed by atoms with van der Waals surface area (Å²) >= 11 is 0. The number of benzene rings is 1. The molecule has 5 nitrogen and oxygen atoms in total. The van der Waals surface area contributed by atoms with Crippen molar-refractivity contribution >= 4 is 5.82 Å². The largest absolute Gasteiger partial charge is 0.366 e. The molecule has 0 spiro atoms. The van der Waals surface area contributed by atoms with E-state index in [1.807, 2.05) is 18.2 Å². The van der Waals surface area contributed by atoms with Crippen molar-refractivity contribution < 1.29 is 22.0 Å². The lowest BCUT2D eigenvalue weighted by molar-refractivity contribution is 0.151. The van der Waals surface area contributed by atoms with Crippen LogP contribution in [-0.4, -0.2) is 39.2 Å². The van der Waals surface area contributed by atoms with Gasteiger partial charge in [0.05, 0.1) is 5.69 Å². The van der Waals surface area contributed by atoms with Gasteiger partial charge < -0.3 is 5.32 Å². The third-order valence-electron chi connectivity index (χ3n) is 7.10. The molecule has 10 heteroatoms. The first-order chi connectivity index (χ1) is 16.8. The first-order valence-corrected chi connectivity index (χ1v) is 11.5. The molecule has 2 fully saturated rings. The van der Waals surface area contributed by atoms with Gasteiger partial charge in [0.15, 0.2) is 11.6 Å². The predicted octanol–water partition coefficient (Wildman–Crippen LogP) is 5.78. The van der Waals surface area contributed by atoms with Crippen molar-refractivity contribution in [3.8, 4) is 11.3 Å². The third kappa shape index (κ3) is 4.71. The van der Waals surface area contributed by atoms with Crippen LogP contribution in [0.3, 0.4) is 0 Å². The van der Waals surface area contributed by atoms with Gasteiger partial charge in [0.1, 0.15) is 17.3 Å². The van der Waals surface area contributed by atoms with Crippen LogP contribution in [0.1, 0.15) is 43.5 Å². The molecule has 35 heavy (non-hydrogen) atoms. The van der Waals surface area contributed by atoms with Gasteiger partial charge >= 0.3 is 0 Å². The van der Waals surface area contributed by atoms with Crippen LogP contribution in [0.15, 0.2) is 42.6 Å². The van der Waals surface area contributed by atoms with Crippen molar-refractivity contribution in [3.63, 3.8) is 0 Å². The smallest absolute Gasteiger partial charge is 0.266 e. The third-order valence-corrected chi connectivity index (χ3v) is 7.10. The summed E-state index contributed by atoms with van der Waals surface area (Å²) in [5, 5.41) is 10.8. The number of likely N-dealkylation sites (tertiary alicyclic amines) is 1. The highest BCUT2D eigenvalue weighted by molar-refractivity contribution is 5.65. The van der Waals surface area contributed by atoms with Gasteiger partial charge in [-0.3, -0.25) is 9.88 Å². The van der Waals surface area contributed by atoms with Gasteiger partial charge in [0, 0.05) is 48.6 Å². The molecule has 0 radical (unpaired) electrons. The molecule has 3 atom stereocenters. The summed E-state index contributed by atoms with van der Waals surface area (Å²) in [5.41, 5.74) is -0.870. The minimum atomic E-state index is -3.03. The topological polar surface area (TPSA) is 53.9 Å². The van der Waals surface area contributed by atoms with E-state index in [9.17, 15) is 22.0 Å². The van der Waals surface area contributed by atoms with Gasteiger partial charge in [-0.25, -0.2) is 22.0 Å². The standard InChI is InChI=1S/C25H24F5N5/c1-13(21-4-2-3-5-31-21)35-11-14-6-17(7-15(14)12-35)32-22-10-19(25(29)30)24(34-33-22)18-8-16(26)9-20(27)23(18)28/h2-5,8-10,13-15,17,25H,6-7,11-12H2,1H3,(H,32,33). The van der Waals surface area contributed by atoms with E-state index in [2.05, 4.69) is 32.3 Å². The molecule has 2 aromatic heterocycles. The van der Waals surface area contributed by atoms with E-state index in [4.69, 9.17) is 0 Å². The summed E-state index contributed by atoms with van der Waals surface area (Å²) < 4.78 is 69.0. The zero-order valence-electron chi connectivity index (χ0n) is 18.9. The highest BCUT2D eigenvalue weighted by Gasteiger charge is 2.42. The molecule has 1 aliphatic heterocycles. The van der Waals surface area contributed by atoms with Crippen LogP contribution in [0.25, 0.3) is 11.3 Å². The Balaban J connectivity index is 1.28. The Labute approximate surface area is 199 Å². The summed E-state index contributed by atoms with van der Waals surface area (Å²) in [6.07, 6.45) is 0.471. The Hall–Kier alpha value is -3.14. The lowest BCUT2D eigenvalue weighted by Crippen LogP contribution is -2.28. The Morgan fingerprint density at radius 3 is 2.40 bits per heavy atom. The van der Waals surface area contributed by atoms with Gasteiger partial charge in [-0.1, -0.05) is 6.07 Å². The van der Waals surface area contributed by atoms with Crippen LogP contribution in [0.4, 0.5) is 27.8 Å². The predicted molar refractivity (Wildman–Crippen MR) is 120 cm³/mol. The quantitative estimate of drug-likeness (QED) is 0.352. The molecular formula is C25H24F5N5. The summed E-state index contributed by atoms with van der Waals surface area (Å²) in [4.78, 5) is 6.88. The zero-order chi connectivity index (χ0) is 24.7. The van der Waals surface area contributed by atoms with Gasteiger partial charge in [0.2, 0.25) is 0 Å². The molecule has 3 aromatic rings. The first kappa shape index (κ1) is 23.6. The second kappa shape index (κ2) is 9.49. The molecule has 1 aromatic carbocycles. The van der Waals surface area contributed by atoms with E-state index < -0.39 is 40.7 Å². The maximum Gasteiger partial charge on any atom is 0.266 e. The zero-order valence-corrected chi connectivity index (χ0v) is 18.9. The fourth-order valence-electron chi connectivity index (χ4n) is 5.37. The van der Waals surface area contributed by atoms with E-state index in [0.717, 1.165) is 37.7 Å². The fraction of sp³-hybridized carbons (Fsp3) is 0.400. The maximum absolute atomic E-state index is 14.2. The van der Waals surface area contributed by atoms with E-state index in [1.165, 1.54) is 0 Å². The second-order valence-corrected chi connectivity index (χ2v) is 9.30. The number of halogens is 5. The number of anilines is 1. The van der Waals surface area contributed by atoms with Crippen molar-refractivity contribution in [2.75, 3.05) is 18.4 Å². The van der Waals surface area contributed by atoms with Crippen LogP contribution in [0.5, 0.6) is 0 Å². The Kier molecular flexibility index (Phi) is 6.39. The fourth-order valence-corrected chi connectivity index (χ4v) is 5.37. The van der Waals surface area contributed by atoms with Crippen molar-refractivity contribution in [3.05, 3.63) is 71.3 Å². The van der Waals surface area contributed by atoms with Gasteiger partial charge in [-0.2, -0.15) is 0 Å². The number of nitrogens with zero attached hydrogens (tertiary/aromatic N) is 4. The highest BCUT2D eigenvalue weighted by atomic mass is 19.3. The number of rotatable bonds is 6. The summed E-state index contributed by atoms with van der Waals surface area (Å²) in [7, 11) is 0. The molecule has 3 heterocycles. The number of alkyl halides is 2. The van der Waals surface area contributed by atoms with E-state index in [1.54, 1.807) is 6.20 Å². The van der Waals surface area contributed by atoms with Crippen molar-refractivity contribution in [2.45, 2.75) is 38.3 Å². The van der Waals surface area contributed by atoms with Crippen molar-refractivity contribution in [2.24, 2.45) is 11.8 Å². The Bertz CT molecular complexity index is 1190. The average molecular weight is 489 g/mol. The lowest BCUT2D eigenvalue weighted by Gasteiger charge is -2.25. The average Bonchev–Trinajstić information content (AvgIpc) is 3.40. The van der Waals surface area contributed by atoms with Gasteiger partial charge in [-0.05, 0) is 55.9 Å². The van der Waals surface area contributed by atoms with E-state index in [-0.39, 0.29) is 17.9 Å².